The number of nitrogens with one attached hydrogen (secondary N) is 1. The fourth-order valence-electron chi connectivity index (χ4n) is 8.39. The third kappa shape index (κ3) is 5.92. The molecule has 0 radical (unpaired) electrons. The third-order valence-corrected chi connectivity index (χ3v) is 11.1. The second-order valence-corrected chi connectivity index (χ2v) is 14.4. The summed E-state index contributed by atoms with van der Waals surface area (Å²) in [7, 11) is 0. The molecule has 3 heteroatoms. The normalized spacial score (nSPS) is 12.1. The molecule has 262 valence electrons. The van der Waals surface area contributed by atoms with Crippen LogP contribution in [-0.4, -0.2) is 4.57 Å². The predicted molar refractivity (Wildman–Crippen MR) is 233 cm³/mol. The molecule has 3 nitrogen and oxygen atoms in total. The molecule has 1 unspecified atom stereocenters. The van der Waals surface area contributed by atoms with E-state index in [1.807, 2.05) is 12.1 Å². The van der Waals surface area contributed by atoms with Crippen molar-refractivity contribution in [1.82, 2.24) is 9.88 Å². The SMILES string of the molecule is Nc1ccccc1C(NCc1cccc(-n2c3ccc4ccccc4c3c3c4ccccc4ccc32)c1)c1ccc(-c2ccc(-c3ccccc3)cc2)cc1. The van der Waals surface area contributed by atoms with Crippen LogP contribution in [0.3, 0.4) is 0 Å². The number of hydrogen-bond donors (Lipinski definition) is 2. The first-order chi connectivity index (χ1) is 27.2. The topological polar surface area (TPSA) is 43.0 Å². The van der Waals surface area contributed by atoms with E-state index in [-0.39, 0.29) is 6.04 Å². The highest BCUT2D eigenvalue weighted by Gasteiger charge is 2.19. The van der Waals surface area contributed by atoms with Crippen LogP contribution in [0.5, 0.6) is 0 Å². The molecular formula is C52H39N3. The molecule has 10 aromatic rings. The molecule has 0 fully saturated rings. The Bertz CT molecular complexity index is 2880. The summed E-state index contributed by atoms with van der Waals surface area (Å²) < 4.78 is 2.44. The minimum absolute atomic E-state index is 0.0923. The Kier molecular flexibility index (Phi) is 8.20. The first-order valence-corrected chi connectivity index (χ1v) is 19.0. The van der Waals surface area contributed by atoms with Crippen LogP contribution in [0.25, 0.3) is 71.3 Å². The summed E-state index contributed by atoms with van der Waals surface area (Å²) in [5.74, 6) is 0. The number of nitrogen functional groups attached to an aromatic ring is 1. The molecule has 0 aliphatic carbocycles. The van der Waals surface area contributed by atoms with Crippen LogP contribution >= 0.6 is 0 Å². The van der Waals surface area contributed by atoms with Crippen molar-refractivity contribution in [3.63, 3.8) is 0 Å². The smallest absolute Gasteiger partial charge is 0.0599 e. The standard InChI is InChI=1S/C52H39N3/c53-47-20-9-8-19-46(47)52(42-27-25-39(26-28-42)38-23-21-37(22-24-38)36-12-2-1-3-13-36)54-34-35-11-10-16-43(33-35)55-48-31-29-40-14-4-6-17-44(40)50(48)51-45-18-7-5-15-41(45)30-32-49(51)55/h1-33,52,54H,34,53H2. The van der Waals surface area contributed by atoms with Crippen molar-refractivity contribution < 1.29 is 0 Å². The predicted octanol–water partition coefficient (Wildman–Crippen LogP) is 12.9. The van der Waals surface area contributed by atoms with Gasteiger partial charge < -0.3 is 15.6 Å². The Morgan fingerprint density at radius 3 is 1.60 bits per heavy atom. The van der Waals surface area contributed by atoms with Crippen LogP contribution in [0.1, 0.15) is 22.7 Å². The van der Waals surface area contributed by atoms with E-state index >= 15 is 0 Å². The number of para-hydroxylation sites is 1. The lowest BCUT2D eigenvalue weighted by molar-refractivity contribution is 0.606. The summed E-state index contributed by atoms with van der Waals surface area (Å²) >= 11 is 0. The third-order valence-electron chi connectivity index (χ3n) is 11.1. The van der Waals surface area contributed by atoms with Gasteiger partial charge in [-0.25, -0.2) is 0 Å². The number of aromatic nitrogens is 1. The van der Waals surface area contributed by atoms with E-state index in [0.29, 0.717) is 6.54 Å². The van der Waals surface area contributed by atoms with Crippen molar-refractivity contribution in [2.24, 2.45) is 0 Å². The minimum Gasteiger partial charge on any atom is -0.398 e. The van der Waals surface area contributed by atoms with Crippen LogP contribution < -0.4 is 11.1 Å². The maximum atomic E-state index is 6.64. The van der Waals surface area contributed by atoms with Gasteiger partial charge in [-0.3, -0.25) is 0 Å². The molecular weight excluding hydrogens is 667 g/mol. The van der Waals surface area contributed by atoms with Crippen molar-refractivity contribution in [2.45, 2.75) is 12.6 Å². The molecule has 55 heavy (non-hydrogen) atoms. The fourth-order valence-corrected chi connectivity index (χ4v) is 8.39. The summed E-state index contributed by atoms with van der Waals surface area (Å²) in [6.45, 7) is 0.665. The van der Waals surface area contributed by atoms with Gasteiger partial charge in [0, 0.05) is 28.7 Å². The van der Waals surface area contributed by atoms with E-state index in [4.69, 9.17) is 5.73 Å². The number of nitrogens with zero attached hydrogens (tertiary/aromatic N) is 1. The molecule has 0 aliphatic heterocycles. The lowest BCUT2D eigenvalue weighted by Crippen LogP contribution is -2.23. The highest BCUT2D eigenvalue weighted by atomic mass is 15.0. The van der Waals surface area contributed by atoms with Crippen LogP contribution in [0.2, 0.25) is 0 Å². The molecule has 0 aliphatic rings. The monoisotopic (exact) mass is 705 g/mol. The second-order valence-electron chi connectivity index (χ2n) is 14.4. The number of benzene rings is 9. The van der Waals surface area contributed by atoms with Gasteiger partial charge >= 0.3 is 0 Å². The Hall–Kier alpha value is -6.94. The Balaban J connectivity index is 0.999. The highest BCUT2D eigenvalue weighted by Crippen LogP contribution is 2.40. The average Bonchev–Trinajstić information content (AvgIpc) is 3.61. The van der Waals surface area contributed by atoms with Gasteiger partial charge in [-0.1, -0.05) is 170 Å². The first-order valence-electron chi connectivity index (χ1n) is 19.0. The molecule has 0 amide bonds. The molecule has 0 bridgehead atoms. The van der Waals surface area contributed by atoms with Crippen molar-refractivity contribution in [2.75, 3.05) is 5.73 Å². The number of anilines is 1. The zero-order chi connectivity index (χ0) is 36.7. The van der Waals surface area contributed by atoms with Gasteiger partial charge in [0.15, 0.2) is 0 Å². The second kappa shape index (κ2) is 13.8. The lowest BCUT2D eigenvalue weighted by atomic mass is 9.94. The molecule has 1 atom stereocenters. The van der Waals surface area contributed by atoms with E-state index < -0.39 is 0 Å². The zero-order valence-electron chi connectivity index (χ0n) is 30.4. The molecule has 0 spiro atoms. The molecule has 3 N–H and O–H groups in total. The Morgan fingerprint density at radius 2 is 0.982 bits per heavy atom. The number of hydrogen-bond acceptors (Lipinski definition) is 2. The molecule has 0 saturated heterocycles. The number of rotatable bonds is 8. The highest BCUT2D eigenvalue weighted by molar-refractivity contribution is 6.28. The van der Waals surface area contributed by atoms with Crippen LogP contribution in [0.15, 0.2) is 200 Å². The quantitative estimate of drug-likeness (QED) is 0.155. The Labute approximate surface area is 320 Å². The van der Waals surface area contributed by atoms with Crippen molar-refractivity contribution in [1.29, 1.82) is 0 Å². The van der Waals surface area contributed by atoms with Crippen molar-refractivity contribution >= 4 is 49.0 Å². The number of fused-ring (bicyclic) bond motifs is 7. The van der Waals surface area contributed by atoms with Crippen LogP contribution in [0.4, 0.5) is 5.69 Å². The van der Waals surface area contributed by atoms with Gasteiger partial charge in [0.1, 0.15) is 0 Å². The lowest BCUT2D eigenvalue weighted by Gasteiger charge is -2.22. The summed E-state index contributed by atoms with van der Waals surface area (Å²) in [6.07, 6.45) is 0. The molecule has 1 heterocycles. The van der Waals surface area contributed by atoms with Gasteiger partial charge in [0.05, 0.1) is 17.1 Å². The molecule has 1 aromatic heterocycles. The van der Waals surface area contributed by atoms with Crippen molar-refractivity contribution in [3.05, 3.63) is 217 Å². The maximum absolute atomic E-state index is 6.64. The fraction of sp³-hybridized carbons (Fsp3) is 0.0385. The Morgan fingerprint density at radius 1 is 0.455 bits per heavy atom. The van der Waals surface area contributed by atoms with Gasteiger partial charge in [-0.05, 0) is 90.8 Å². The number of nitrogens with two attached hydrogens (primary N) is 1. The average molecular weight is 706 g/mol. The minimum atomic E-state index is -0.0923. The summed E-state index contributed by atoms with van der Waals surface area (Å²) in [5, 5.41) is 11.5. The van der Waals surface area contributed by atoms with Crippen molar-refractivity contribution in [3.8, 4) is 27.9 Å². The maximum Gasteiger partial charge on any atom is 0.0599 e. The van der Waals surface area contributed by atoms with E-state index in [2.05, 4.69) is 198 Å². The summed E-state index contributed by atoms with van der Waals surface area (Å²) in [4.78, 5) is 0. The van der Waals surface area contributed by atoms with Gasteiger partial charge in [-0.2, -0.15) is 0 Å². The largest absolute Gasteiger partial charge is 0.398 e. The van der Waals surface area contributed by atoms with Gasteiger partial charge in [0.25, 0.3) is 0 Å². The van der Waals surface area contributed by atoms with Gasteiger partial charge in [0.2, 0.25) is 0 Å². The van der Waals surface area contributed by atoms with Gasteiger partial charge in [-0.15, -0.1) is 0 Å². The summed E-state index contributed by atoms with van der Waals surface area (Å²) in [5.41, 5.74) is 19.2. The molecule has 0 saturated carbocycles. The van der Waals surface area contributed by atoms with Crippen LogP contribution in [0, 0.1) is 0 Å². The van der Waals surface area contributed by atoms with E-state index in [0.717, 1.165) is 16.9 Å². The zero-order valence-corrected chi connectivity index (χ0v) is 30.4. The summed E-state index contributed by atoms with van der Waals surface area (Å²) in [6, 6.07) is 71.8. The first kappa shape index (κ1) is 32.7. The van der Waals surface area contributed by atoms with E-state index in [1.54, 1.807) is 0 Å². The molecule has 10 rings (SSSR count). The van der Waals surface area contributed by atoms with E-state index in [9.17, 15) is 0 Å². The molecule has 9 aromatic carbocycles. The van der Waals surface area contributed by atoms with E-state index in [1.165, 1.54) is 76.7 Å². The van der Waals surface area contributed by atoms with Crippen LogP contribution in [-0.2, 0) is 6.54 Å².